The van der Waals surface area contributed by atoms with Gasteiger partial charge in [0.1, 0.15) is 12.2 Å². The van der Waals surface area contributed by atoms with Crippen molar-refractivity contribution in [2.75, 3.05) is 6.54 Å². The van der Waals surface area contributed by atoms with E-state index >= 15 is 0 Å². The van der Waals surface area contributed by atoms with Gasteiger partial charge in [0.2, 0.25) is 0 Å². The summed E-state index contributed by atoms with van der Waals surface area (Å²) < 4.78 is 6.57. The third kappa shape index (κ3) is 1.16. The highest BCUT2D eigenvalue weighted by molar-refractivity contribution is 5.76. The number of oxazole rings is 1. The topological polar surface area (TPSA) is 93.8 Å². The molecule has 0 aliphatic heterocycles. The molecule has 0 aliphatic carbocycles. The summed E-state index contributed by atoms with van der Waals surface area (Å²) in [7, 11) is 0. The number of aromatic nitrogens is 2. The van der Waals surface area contributed by atoms with Crippen LogP contribution in [0, 0.1) is 0 Å². The monoisotopic (exact) mass is 195 g/mol. The highest BCUT2D eigenvalue weighted by Gasteiger charge is 2.22. The van der Waals surface area contributed by atoms with Gasteiger partial charge in [0.25, 0.3) is 0 Å². The summed E-state index contributed by atoms with van der Waals surface area (Å²) >= 11 is 0. The van der Waals surface area contributed by atoms with Crippen molar-refractivity contribution in [3.05, 3.63) is 24.4 Å². The molecule has 0 radical (unpaired) electrons. The smallest absolute Gasteiger partial charge is 0.313 e. The average Bonchev–Trinajstić information content (AvgIpc) is 2.69. The number of nitrogens with two attached hydrogens (primary N) is 1. The Balaban J connectivity index is 2.51. The molecule has 2 aromatic heterocycles. The Morgan fingerprint density at radius 3 is 3.21 bits per heavy atom. The average molecular weight is 195 g/mol. The van der Waals surface area contributed by atoms with Gasteiger partial charge in [0.15, 0.2) is 0 Å². The van der Waals surface area contributed by atoms with Crippen LogP contribution in [0.4, 0.5) is 0 Å². The van der Waals surface area contributed by atoms with E-state index in [2.05, 4.69) is 4.98 Å². The number of carbonyl (C=O) groups is 1. The molecule has 3 N–H and O–H groups in total. The lowest BCUT2D eigenvalue weighted by molar-refractivity contribution is -0.138. The van der Waals surface area contributed by atoms with Crippen LogP contribution < -0.4 is 5.73 Å². The molecule has 0 fully saturated rings. The molecule has 1 unspecified atom stereocenters. The van der Waals surface area contributed by atoms with Gasteiger partial charge < -0.3 is 15.3 Å². The first-order valence-corrected chi connectivity index (χ1v) is 4.07. The van der Waals surface area contributed by atoms with Crippen molar-refractivity contribution in [1.29, 1.82) is 0 Å². The van der Waals surface area contributed by atoms with Crippen molar-refractivity contribution in [3.8, 4) is 0 Å². The molecule has 74 valence electrons. The van der Waals surface area contributed by atoms with E-state index in [0.29, 0.717) is 11.5 Å². The van der Waals surface area contributed by atoms with Gasteiger partial charge >= 0.3 is 11.8 Å². The number of imidazole rings is 1. The quantitative estimate of drug-likeness (QED) is 0.721. The summed E-state index contributed by atoms with van der Waals surface area (Å²) in [5.74, 6) is -1.34. The minimum absolute atomic E-state index is 0.0360. The summed E-state index contributed by atoms with van der Waals surface area (Å²) in [6.07, 6.45) is 4.52. The summed E-state index contributed by atoms with van der Waals surface area (Å²) in [5.41, 5.74) is 5.90. The Kier molecular flexibility index (Phi) is 1.97. The first kappa shape index (κ1) is 8.76. The zero-order chi connectivity index (χ0) is 10.1. The molecule has 6 nitrogen and oxygen atoms in total. The van der Waals surface area contributed by atoms with Gasteiger partial charge in [-0.3, -0.25) is 9.20 Å². The van der Waals surface area contributed by atoms with E-state index in [4.69, 9.17) is 15.3 Å². The number of hydrogen-bond donors (Lipinski definition) is 2. The highest BCUT2D eigenvalue weighted by Crippen LogP contribution is 2.17. The lowest BCUT2D eigenvalue weighted by Crippen LogP contribution is -2.22. The van der Waals surface area contributed by atoms with Crippen LogP contribution in [0.3, 0.4) is 0 Å². The Morgan fingerprint density at radius 2 is 2.57 bits per heavy atom. The number of fused-ring (bicyclic) bond motifs is 1. The molecule has 0 aromatic carbocycles. The van der Waals surface area contributed by atoms with Crippen molar-refractivity contribution in [2.24, 2.45) is 5.73 Å². The van der Waals surface area contributed by atoms with Crippen LogP contribution >= 0.6 is 0 Å². The predicted molar refractivity (Wildman–Crippen MR) is 46.9 cm³/mol. The fourth-order valence-corrected chi connectivity index (χ4v) is 1.35. The summed E-state index contributed by atoms with van der Waals surface area (Å²) in [5, 5.41) is 8.89. The van der Waals surface area contributed by atoms with Gasteiger partial charge in [-0.25, -0.2) is 4.98 Å². The maximum Gasteiger partial charge on any atom is 0.313 e. The van der Waals surface area contributed by atoms with Crippen LogP contribution in [-0.4, -0.2) is 27.0 Å². The van der Waals surface area contributed by atoms with E-state index in [9.17, 15) is 4.79 Å². The first-order chi connectivity index (χ1) is 6.74. The van der Waals surface area contributed by atoms with Crippen LogP contribution in [0.25, 0.3) is 5.84 Å². The van der Waals surface area contributed by atoms with Crippen molar-refractivity contribution < 1.29 is 14.3 Å². The van der Waals surface area contributed by atoms with E-state index in [-0.39, 0.29) is 6.54 Å². The molecule has 14 heavy (non-hydrogen) atoms. The van der Waals surface area contributed by atoms with Gasteiger partial charge in [-0.15, -0.1) is 0 Å². The molecular weight excluding hydrogens is 186 g/mol. The largest absolute Gasteiger partial charge is 0.481 e. The normalized spacial score (nSPS) is 13.2. The van der Waals surface area contributed by atoms with Gasteiger partial charge in [-0.05, 0) is 0 Å². The third-order valence-corrected chi connectivity index (χ3v) is 2.07. The second kappa shape index (κ2) is 3.15. The number of hydrogen-bond acceptors (Lipinski definition) is 4. The molecule has 1 atom stereocenters. The second-order valence-electron chi connectivity index (χ2n) is 2.87. The molecule has 0 amide bonds. The highest BCUT2D eigenvalue weighted by atomic mass is 16.4. The van der Waals surface area contributed by atoms with Gasteiger partial charge in [-0.2, -0.15) is 0 Å². The van der Waals surface area contributed by atoms with E-state index < -0.39 is 11.9 Å². The first-order valence-electron chi connectivity index (χ1n) is 4.07. The molecule has 0 saturated carbocycles. The molecular formula is C8H9N3O3. The second-order valence-corrected chi connectivity index (χ2v) is 2.87. The van der Waals surface area contributed by atoms with E-state index in [1.165, 1.54) is 12.5 Å². The minimum Gasteiger partial charge on any atom is -0.481 e. The Labute approximate surface area is 79.0 Å². The maximum absolute atomic E-state index is 10.8. The van der Waals surface area contributed by atoms with Crippen LogP contribution in [0.2, 0.25) is 0 Å². The number of carboxylic acids is 1. The zero-order valence-corrected chi connectivity index (χ0v) is 7.25. The standard InChI is InChI=1S/C8H9N3O3/c9-3-5(7(12)13)6-4-10-8-11(6)1-2-14-8/h1-2,4-5H,3,9H2,(H,12,13). The van der Waals surface area contributed by atoms with Gasteiger partial charge in [0, 0.05) is 12.7 Å². The van der Waals surface area contributed by atoms with Crippen molar-refractivity contribution >= 4 is 11.8 Å². The Hall–Kier alpha value is -1.82. The zero-order valence-electron chi connectivity index (χ0n) is 7.25. The Morgan fingerprint density at radius 1 is 1.79 bits per heavy atom. The molecule has 0 spiro atoms. The minimum atomic E-state index is -0.962. The van der Waals surface area contributed by atoms with Gasteiger partial charge in [-0.1, -0.05) is 0 Å². The number of rotatable bonds is 3. The molecule has 2 heterocycles. The molecule has 0 saturated heterocycles. The lowest BCUT2D eigenvalue weighted by Gasteiger charge is -2.06. The molecule has 0 aliphatic rings. The molecule has 2 aromatic rings. The van der Waals surface area contributed by atoms with Crippen molar-refractivity contribution in [1.82, 2.24) is 9.38 Å². The lowest BCUT2D eigenvalue weighted by atomic mass is 10.1. The van der Waals surface area contributed by atoms with Crippen LogP contribution in [-0.2, 0) is 4.79 Å². The number of nitrogens with zero attached hydrogens (tertiary/aromatic N) is 2. The predicted octanol–water partition coefficient (Wildman–Crippen LogP) is 0.0542. The molecule has 2 rings (SSSR count). The van der Waals surface area contributed by atoms with E-state index in [1.807, 2.05) is 0 Å². The fourth-order valence-electron chi connectivity index (χ4n) is 1.35. The SMILES string of the molecule is NCC(C(=O)O)c1cnc2occn12. The third-order valence-electron chi connectivity index (χ3n) is 2.07. The molecule has 0 bridgehead atoms. The van der Waals surface area contributed by atoms with Crippen LogP contribution in [0.1, 0.15) is 11.6 Å². The van der Waals surface area contributed by atoms with E-state index in [1.54, 1.807) is 10.6 Å². The van der Waals surface area contributed by atoms with Crippen molar-refractivity contribution in [3.63, 3.8) is 0 Å². The fraction of sp³-hybridized carbons (Fsp3) is 0.250. The summed E-state index contributed by atoms with van der Waals surface area (Å²) in [4.78, 5) is 14.8. The molecule has 6 heteroatoms. The maximum atomic E-state index is 10.8. The van der Waals surface area contributed by atoms with Crippen LogP contribution in [0.5, 0.6) is 0 Å². The number of carboxylic acid groups (broad SMARTS) is 1. The van der Waals surface area contributed by atoms with Crippen LogP contribution in [0.15, 0.2) is 23.1 Å². The van der Waals surface area contributed by atoms with Crippen molar-refractivity contribution in [2.45, 2.75) is 5.92 Å². The van der Waals surface area contributed by atoms with E-state index in [0.717, 1.165) is 0 Å². The summed E-state index contributed by atoms with van der Waals surface area (Å²) in [6, 6.07) is 0. The Bertz CT molecular complexity index is 459. The van der Waals surface area contributed by atoms with Gasteiger partial charge in [0.05, 0.1) is 11.9 Å². The number of aliphatic carboxylic acids is 1. The summed E-state index contributed by atoms with van der Waals surface area (Å²) in [6.45, 7) is 0.0360.